The lowest BCUT2D eigenvalue weighted by atomic mass is 9.99. The van der Waals surface area contributed by atoms with E-state index in [9.17, 15) is 9.59 Å². The Balaban J connectivity index is 1.83. The summed E-state index contributed by atoms with van der Waals surface area (Å²) in [4.78, 5) is 23.5. The molecule has 5 heteroatoms. The summed E-state index contributed by atoms with van der Waals surface area (Å²) in [7, 11) is 0. The maximum absolute atomic E-state index is 11.8. The Kier molecular flexibility index (Phi) is 5.49. The Labute approximate surface area is 124 Å². The summed E-state index contributed by atoms with van der Waals surface area (Å²) in [5.41, 5.74) is 4.27. The lowest BCUT2D eigenvalue weighted by Gasteiger charge is -2.14. The van der Waals surface area contributed by atoms with E-state index in [2.05, 4.69) is 15.8 Å². The maximum Gasteiger partial charge on any atom is 0.329 e. The van der Waals surface area contributed by atoms with Crippen LogP contribution < -0.4 is 10.7 Å². The number of rotatable bonds is 3. The van der Waals surface area contributed by atoms with Crippen molar-refractivity contribution in [2.24, 2.45) is 5.10 Å². The van der Waals surface area contributed by atoms with Gasteiger partial charge in [0, 0.05) is 5.71 Å². The van der Waals surface area contributed by atoms with Crippen LogP contribution >= 0.6 is 0 Å². The van der Waals surface area contributed by atoms with E-state index in [0.29, 0.717) is 0 Å². The van der Waals surface area contributed by atoms with Crippen molar-refractivity contribution in [3.8, 4) is 0 Å². The summed E-state index contributed by atoms with van der Waals surface area (Å²) < 4.78 is 0. The Morgan fingerprint density at radius 3 is 2.38 bits per heavy atom. The third-order valence-electron chi connectivity index (χ3n) is 3.60. The molecule has 0 radical (unpaired) electrons. The molecule has 1 saturated carbocycles. The molecule has 2 rings (SSSR count). The van der Waals surface area contributed by atoms with Gasteiger partial charge in [0.05, 0.1) is 6.04 Å². The Bertz CT molecular complexity index is 518. The van der Waals surface area contributed by atoms with Gasteiger partial charge >= 0.3 is 11.8 Å². The van der Waals surface area contributed by atoms with Crippen LogP contribution in [0, 0.1) is 0 Å². The van der Waals surface area contributed by atoms with E-state index < -0.39 is 11.8 Å². The van der Waals surface area contributed by atoms with Gasteiger partial charge in [-0.25, -0.2) is 5.43 Å². The number of carbonyl (C=O) groups is 2. The molecule has 0 aromatic heterocycles. The number of hydrazone groups is 1. The summed E-state index contributed by atoms with van der Waals surface area (Å²) in [6.07, 6.45) is 5.23. The minimum atomic E-state index is -0.712. The zero-order chi connectivity index (χ0) is 15.1. The highest BCUT2D eigenvalue weighted by Crippen LogP contribution is 2.14. The average molecular weight is 287 g/mol. The quantitative estimate of drug-likeness (QED) is 0.661. The van der Waals surface area contributed by atoms with Gasteiger partial charge in [0.2, 0.25) is 0 Å². The summed E-state index contributed by atoms with van der Waals surface area (Å²) in [5.74, 6) is -1.37. The molecule has 1 unspecified atom stereocenters. The van der Waals surface area contributed by atoms with Crippen LogP contribution in [0.1, 0.15) is 50.6 Å². The average Bonchev–Trinajstić information content (AvgIpc) is 2.54. The van der Waals surface area contributed by atoms with Crippen molar-refractivity contribution in [1.82, 2.24) is 10.7 Å². The number of hydrogen-bond donors (Lipinski definition) is 2. The van der Waals surface area contributed by atoms with E-state index >= 15 is 0 Å². The molecule has 21 heavy (non-hydrogen) atoms. The SMILES string of the molecule is CC(NC(=O)C(=O)NN=C1CCCCC1)c1ccccc1. The van der Waals surface area contributed by atoms with Gasteiger partial charge in [-0.2, -0.15) is 5.10 Å². The fraction of sp³-hybridized carbons (Fsp3) is 0.438. The molecular weight excluding hydrogens is 266 g/mol. The molecule has 0 heterocycles. The topological polar surface area (TPSA) is 70.6 Å². The highest BCUT2D eigenvalue weighted by molar-refractivity contribution is 6.35. The number of nitrogens with one attached hydrogen (secondary N) is 2. The van der Waals surface area contributed by atoms with Gasteiger partial charge in [-0.15, -0.1) is 0 Å². The molecule has 5 nitrogen and oxygen atoms in total. The third-order valence-corrected chi connectivity index (χ3v) is 3.60. The molecular formula is C16H21N3O2. The van der Waals surface area contributed by atoms with E-state index in [1.807, 2.05) is 37.3 Å². The largest absolute Gasteiger partial charge is 0.341 e. The van der Waals surface area contributed by atoms with Crippen LogP contribution in [0.15, 0.2) is 35.4 Å². The molecule has 1 aromatic carbocycles. The summed E-state index contributed by atoms with van der Waals surface area (Å²) in [5, 5.41) is 6.70. The van der Waals surface area contributed by atoms with Gasteiger partial charge < -0.3 is 5.32 Å². The van der Waals surface area contributed by atoms with Crippen LogP contribution in [-0.2, 0) is 9.59 Å². The van der Waals surface area contributed by atoms with E-state index in [0.717, 1.165) is 37.0 Å². The number of carbonyl (C=O) groups excluding carboxylic acids is 2. The molecule has 0 aliphatic heterocycles. The molecule has 0 saturated heterocycles. The Hall–Kier alpha value is -2.17. The molecule has 1 aliphatic carbocycles. The van der Waals surface area contributed by atoms with Gasteiger partial charge in [-0.1, -0.05) is 36.8 Å². The van der Waals surface area contributed by atoms with Crippen molar-refractivity contribution >= 4 is 17.5 Å². The highest BCUT2D eigenvalue weighted by atomic mass is 16.2. The van der Waals surface area contributed by atoms with Crippen molar-refractivity contribution in [3.05, 3.63) is 35.9 Å². The monoisotopic (exact) mass is 287 g/mol. The minimum absolute atomic E-state index is 0.216. The number of benzene rings is 1. The van der Waals surface area contributed by atoms with Crippen LogP contribution in [0.25, 0.3) is 0 Å². The van der Waals surface area contributed by atoms with E-state index in [1.165, 1.54) is 6.42 Å². The second-order valence-corrected chi connectivity index (χ2v) is 5.29. The van der Waals surface area contributed by atoms with Crippen molar-refractivity contribution in [2.75, 3.05) is 0 Å². The molecule has 0 bridgehead atoms. The first-order valence-electron chi connectivity index (χ1n) is 7.38. The zero-order valence-corrected chi connectivity index (χ0v) is 12.3. The number of amides is 2. The highest BCUT2D eigenvalue weighted by Gasteiger charge is 2.17. The number of hydrogen-bond acceptors (Lipinski definition) is 3. The molecule has 1 aromatic rings. The Morgan fingerprint density at radius 1 is 1.05 bits per heavy atom. The predicted octanol–water partition coefficient (Wildman–Crippen LogP) is 2.30. The van der Waals surface area contributed by atoms with Crippen molar-refractivity contribution < 1.29 is 9.59 Å². The molecule has 2 N–H and O–H groups in total. The summed E-state index contributed by atoms with van der Waals surface area (Å²) in [6.45, 7) is 1.84. The minimum Gasteiger partial charge on any atom is -0.341 e. The fourth-order valence-electron chi connectivity index (χ4n) is 2.34. The van der Waals surface area contributed by atoms with Crippen LogP contribution in [0.5, 0.6) is 0 Å². The van der Waals surface area contributed by atoms with Gasteiger partial charge in [0.1, 0.15) is 0 Å². The molecule has 2 amide bonds. The first-order valence-corrected chi connectivity index (χ1v) is 7.38. The zero-order valence-electron chi connectivity index (χ0n) is 12.3. The van der Waals surface area contributed by atoms with Crippen LogP contribution in [0.4, 0.5) is 0 Å². The first kappa shape index (κ1) is 15.2. The van der Waals surface area contributed by atoms with E-state index in [4.69, 9.17) is 0 Å². The predicted molar refractivity (Wildman–Crippen MR) is 81.7 cm³/mol. The van der Waals surface area contributed by atoms with Gasteiger partial charge in [-0.3, -0.25) is 9.59 Å². The second-order valence-electron chi connectivity index (χ2n) is 5.29. The smallest absolute Gasteiger partial charge is 0.329 e. The number of nitrogens with zero attached hydrogens (tertiary/aromatic N) is 1. The van der Waals surface area contributed by atoms with Gasteiger partial charge in [0.25, 0.3) is 0 Å². The normalized spacial score (nSPS) is 16.0. The Morgan fingerprint density at radius 2 is 1.71 bits per heavy atom. The van der Waals surface area contributed by atoms with Crippen molar-refractivity contribution in [1.29, 1.82) is 0 Å². The molecule has 1 aliphatic rings. The molecule has 0 spiro atoms. The third kappa shape index (κ3) is 4.70. The molecule has 112 valence electrons. The lowest BCUT2D eigenvalue weighted by molar-refractivity contribution is -0.139. The fourth-order valence-corrected chi connectivity index (χ4v) is 2.34. The molecule has 1 fully saturated rings. The van der Waals surface area contributed by atoms with Gasteiger partial charge in [0.15, 0.2) is 0 Å². The maximum atomic E-state index is 11.8. The summed E-state index contributed by atoms with van der Waals surface area (Å²) >= 11 is 0. The lowest BCUT2D eigenvalue weighted by Crippen LogP contribution is -2.39. The van der Waals surface area contributed by atoms with Crippen molar-refractivity contribution in [2.45, 2.75) is 45.1 Å². The first-order chi connectivity index (χ1) is 10.2. The summed E-state index contributed by atoms with van der Waals surface area (Å²) in [6, 6.07) is 9.30. The second kappa shape index (κ2) is 7.57. The standard InChI is InChI=1S/C16H21N3O2/c1-12(13-8-4-2-5-9-13)17-15(20)16(21)19-18-14-10-6-3-7-11-14/h2,4-5,8-9,12H,3,6-7,10-11H2,1H3,(H,17,20)(H,19,21). The van der Waals surface area contributed by atoms with Crippen LogP contribution in [-0.4, -0.2) is 17.5 Å². The van der Waals surface area contributed by atoms with Crippen LogP contribution in [0.2, 0.25) is 0 Å². The van der Waals surface area contributed by atoms with Crippen molar-refractivity contribution in [3.63, 3.8) is 0 Å². The van der Waals surface area contributed by atoms with E-state index in [-0.39, 0.29) is 6.04 Å². The van der Waals surface area contributed by atoms with E-state index in [1.54, 1.807) is 0 Å². The van der Waals surface area contributed by atoms with Gasteiger partial charge in [-0.05, 0) is 38.2 Å². The molecule has 1 atom stereocenters. The van der Waals surface area contributed by atoms with Crippen LogP contribution in [0.3, 0.4) is 0 Å².